The molecule has 1 amide bonds. The van der Waals surface area contributed by atoms with Crippen molar-refractivity contribution in [3.05, 3.63) is 88.9 Å². The topological polar surface area (TPSA) is 94.9 Å². The lowest BCUT2D eigenvalue weighted by Gasteiger charge is -2.26. The summed E-state index contributed by atoms with van der Waals surface area (Å²) in [6.07, 6.45) is 4.40. The van der Waals surface area contributed by atoms with E-state index in [9.17, 15) is 23.9 Å². The van der Waals surface area contributed by atoms with Gasteiger partial charge in [-0.15, -0.1) is 0 Å². The molecule has 1 aliphatic rings. The van der Waals surface area contributed by atoms with Crippen molar-refractivity contribution in [2.45, 2.75) is 31.7 Å². The number of hydrogen-bond donors (Lipinski definition) is 2. The number of allylic oxidation sites excluding steroid dienone is 1. The highest BCUT2D eigenvalue weighted by molar-refractivity contribution is 6.14. The number of halogens is 1. The molecule has 0 bridgehead atoms. The Morgan fingerprint density at radius 3 is 2.47 bits per heavy atom. The van der Waals surface area contributed by atoms with Crippen LogP contribution in [0, 0.1) is 5.82 Å². The van der Waals surface area contributed by atoms with Crippen LogP contribution in [-0.2, 0) is 14.4 Å². The zero-order valence-electron chi connectivity index (χ0n) is 17.4. The molecule has 3 rings (SSSR count). The van der Waals surface area contributed by atoms with Gasteiger partial charge in [0.05, 0.1) is 11.6 Å². The molecule has 0 saturated carbocycles. The largest absolute Gasteiger partial charge is 0.503 e. The van der Waals surface area contributed by atoms with Gasteiger partial charge in [-0.2, -0.15) is 0 Å². The van der Waals surface area contributed by atoms with E-state index in [0.717, 1.165) is 5.56 Å². The molecule has 6 nitrogen and oxygen atoms in total. The number of carboxylic acid groups (broad SMARTS) is 1. The SMILES string of the molecule is O=C(O)CCCCCN1C(=O)C(O)=C(C(=O)C=Cc2ccccc2)C1c1cccc(F)c1. The summed E-state index contributed by atoms with van der Waals surface area (Å²) < 4.78 is 13.9. The molecular formula is C25H24FNO5. The molecular weight excluding hydrogens is 413 g/mol. The molecule has 0 saturated heterocycles. The maximum atomic E-state index is 13.9. The second-order valence-corrected chi connectivity index (χ2v) is 7.53. The van der Waals surface area contributed by atoms with Crippen LogP contribution in [0.5, 0.6) is 0 Å². The Balaban J connectivity index is 1.86. The lowest BCUT2D eigenvalue weighted by atomic mass is 9.95. The lowest BCUT2D eigenvalue weighted by molar-refractivity contribution is -0.137. The van der Waals surface area contributed by atoms with Gasteiger partial charge < -0.3 is 15.1 Å². The van der Waals surface area contributed by atoms with E-state index in [4.69, 9.17) is 5.11 Å². The smallest absolute Gasteiger partial charge is 0.303 e. The van der Waals surface area contributed by atoms with E-state index in [2.05, 4.69) is 0 Å². The molecule has 0 radical (unpaired) electrons. The van der Waals surface area contributed by atoms with E-state index in [0.29, 0.717) is 24.8 Å². The van der Waals surface area contributed by atoms with Crippen LogP contribution < -0.4 is 0 Å². The molecule has 2 N–H and O–H groups in total. The number of amides is 1. The molecule has 2 aromatic rings. The first-order valence-corrected chi connectivity index (χ1v) is 10.4. The fourth-order valence-corrected chi connectivity index (χ4v) is 3.72. The number of benzene rings is 2. The Hall–Kier alpha value is -3.74. The first kappa shape index (κ1) is 22.9. The van der Waals surface area contributed by atoms with Gasteiger partial charge in [-0.05, 0) is 42.2 Å². The van der Waals surface area contributed by atoms with Crippen LogP contribution in [-0.4, -0.2) is 39.3 Å². The van der Waals surface area contributed by atoms with Gasteiger partial charge in [-0.25, -0.2) is 4.39 Å². The molecule has 32 heavy (non-hydrogen) atoms. The van der Waals surface area contributed by atoms with Crippen molar-refractivity contribution < 1.29 is 29.0 Å². The van der Waals surface area contributed by atoms with E-state index in [1.165, 1.54) is 29.2 Å². The summed E-state index contributed by atoms with van der Waals surface area (Å²) in [7, 11) is 0. The normalized spacial score (nSPS) is 16.2. The van der Waals surface area contributed by atoms with Gasteiger partial charge in [0.2, 0.25) is 0 Å². The number of aliphatic hydroxyl groups excluding tert-OH is 1. The molecule has 2 aromatic carbocycles. The van der Waals surface area contributed by atoms with Crippen LogP contribution >= 0.6 is 0 Å². The monoisotopic (exact) mass is 437 g/mol. The Morgan fingerprint density at radius 2 is 1.78 bits per heavy atom. The predicted octanol–water partition coefficient (Wildman–Crippen LogP) is 4.45. The predicted molar refractivity (Wildman–Crippen MR) is 117 cm³/mol. The molecule has 0 fully saturated rings. The third-order valence-electron chi connectivity index (χ3n) is 5.25. The van der Waals surface area contributed by atoms with E-state index >= 15 is 0 Å². The molecule has 1 heterocycles. The number of rotatable bonds is 10. The number of unbranched alkanes of at least 4 members (excludes halogenated alkanes) is 2. The van der Waals surface area contributed by atoms with Crippen molar-refractivity contribution >= 4 is 23.7 Å². The number of ketones is 1. The maximum Gasteiger partial charge on any atom is 0.303 e. The zero-order chi connectivity index (χ0) is 23.1. The highest BCUT2D eigenvalue weighted by atomic mass is 19.1. The maximum absolute atomic E-state index is 13.9. The fraction of sp³-hybridized carbons (Fsp3) is 0.240. The molecule has 0 spiro atoms. The van der Waals surface area contributed by atoms with E-state index in [-0.39, 0.29) is 18.5 Å². The molecule has 166 valence electrons. The summed E-state index contributed by atoms with van der Waals surface area (Å²) in [5, 5.41) is 19.3. The summed E-state index contributed by atoms with van der Waals surface area (Å²) in [6, 6.07) is 13.8. The third-order valence-corrected chi connectivity index (χ3v) is 5.25. The van der Waals surface area contributed by atoms with Gasteiger partial charge in [0, 0.05) is 13.0 Å². The van der Waals surface area contributed by atoms with Crippen molar-refractivity contribution in [2.24, 2.45) is 0 Å². The minimum Gasteiger partial charge on any atom is -0.503 e. The van der Waals surface area contributed by atoms with Crippen molar-refractivity contribution in [1.29, 1.82) is 0 Å². The standard InChI is InChI=1S/C25H24FNO5/c26-19-11-7-10-18(16-19)23-22(20(28)14-13-17-8-3-1-4-9-17)24(31)25(32)27(23)15-6-2-5-12-21(29)30/h1,3-4,7-11,13-14,16,23,31H,2,5-6,12,15H2,(H,29,30). The average molecular weight is 437 g/mol. The van der Waals surface area contributed by atoms with Crippen LogP contribution in [0.15, 0.2) is 72.0 Å². The van der Waals surface area contributed by atoms with Crippen LogP contribution in [0.3, 0.4) is 0 Å². The Morgan fingerprint density at radius 1 is 1.03 bits per heavy atom. The number of aliphatic carboxylic acids is 1. The first-order valence-electron chi connectivity index (χ1n) is 10.4. The molecule has 7 heteroatoms. The van der Waals surface area contributed by atoms with Gasteiger partial charge >= 0.3 is 5.97 Å². The van der Waals surface area contributed by atoms with Crippen LogP contribution in [0.4, 0.5) is 4.39 Å². The second kappa shape index (κ2) is 10.5. The van der Waals surface area contributed by atoms with Crippen molar-refractivity contribution in [3.8, 4) is 0 Å². The molecule has 1 aliphatic heterocycles. The van der Waals surface area contributed by atoms with Crippen molar-refractivity contribution in [1.82, 2.24) is 4.90 Å². The highest BCUT2D eigenvalue weighted by Crippen LogP contribution is 2.38. The van der Waals surface area contributed by atoms with Gasteiger partial charge in [-0.3, -0.25) is 14.4 Å². The van der Waals surface area contributed by atoms with Gasteiger partial charge in [-0.1, -0.05) is 55.0 Å². The molecule has 1 unspecified atom stereocenters. The summed E-state index contributed by atoms with van der Waals surface area (Å²) >= 11 is 0. The van der Waals surface area contributed by atoms with Gasteiger partial charge in [0.1, 0.15) is 5.82 Å². The Labute approximate surface area is 185 Å². The summed E-state index contributed by atoms with van der Waals surface area (Å²) in [5.74, 6) is -3.30. The summed E-state index contributed by atoms with van der Waals surface area (Å²) in [6.45, 7) is 0.197. The highest BCUT2D eigenvalue weighted by Gasteiger charge is 2.42. The lowest BCUT2D eigenvalue weighted by Crippen LogP contribution is -2.32. The average Bonchev–Trinajstić information content (AvgIpc) is 3.03. The minimum absolute atomic E-state index is 0.0266. The van der Waals surface area contributed by atoms with Crippen LogP contribution in [0.2, 0.25) is 0 Å². The molecule has 0 aromatic heterocycles. The fourth-order valence-electron chi connectivity index (χ4n) is 3.72. The first-order chi connectivity index (χ1) is 15.4. The second-order valence-electron chi connectivity index (χ2n) is 7.53. The number of carbonyl (C=O) groups is 3. The number of carbonyl (C=O) groups excluding carboxylic acids is 2. The van der Waals surface area contributed by atoms with Gasteiger partial charge in [0.15, 0.2) is 11.5 Å². The van der Waals surface area contributed by atoms with Gasteiger partial charge in [0.25, 0.3) is 5.91 Å². The number of aliphatic hydroxyl groups is 1. The summed E-state index contributed by atoms with van der Waals surface area (Å²) in [4.78, 5) is 37.8. The Kier molecular flexibility index (Phi) is 7.54. The van der Waals surface area contributed by atoms with Crippen LogP contribution in [0.1, 0.15) is 42.9 Å². The zero-order valence-corrected chi connectivity index (χ0v) is 17.4. The summed E-state index contributed by atoms with van der Waals surface area (Å²) in [5.41, 5.74) is 1.06. The minimum atomic E-state index is -0.925. The van der Waals surface area contributed by atoms with E-state index < -0.39 is 35.3 Å². The van der Waals surface area contributed by atoms with Crippen LogP contribution in [0.25, 0.3) is 6.08 Å². The van der Waals surface area contributed by atoms with Crippen molar-refractivity contribution in [2.75, 3.05) is 6.54 Å². The Bertz CT molecular complexity index is 1060. The quantitative estimate of drug-likeness (QED) is 0.423. The molecule has 1 atom stereocenters. The van der Waals surface area contributed by atoms with Crippen molar-refractivity contribution in [3.63, 3.8) is 0 Å². The molecule has 0 aliphatic carbocycles. The number of hydrogen-bond acceptors (Lipinski definition) is 4. The van der Waals surface area contributed by atoms with E-state index in [1.807, 2.05) is 30.3 Å². The third kappa shape index (κ3) is 5.49. The number of carboxylic acids is 1. The van der Waals surface area contributed by atoms with E-state index in [1.54, 1.807) is 12.1 Å². The number of nitrogens with zero attached hydrogens (tertiary/aromatic N) is 1.